The molecule has 2 heterocycles. The van der Waals surface area contributed by atoms with Gasteiger partial charge in [0, 0.05) is 27.3 Å². The van der Waals surface area contributed by atoms with Gasteiger partial charge in [0.05, 0.1) is 11.4 Å². The molecule has 4 rings (SSSR count). The summed E-state index contributed by atoms with van der Waals surface area (Å²) in [4.78, 5) is 9.23. The summed E-state index contributed by atoms with van der Waals surface area (Å²) in [5, 5.41) is 0. The number of para-hydroxylation sites is 1. The van der Waals surface area contributed by atoms with Crippen LogP contribution in [0.25, 0.3) is 0 Å². The van der Waals surface area contributed by atoms with Crippen LogP contribution in [0.5, 0.6) is 0 Å². The van der Waals surface area contributed by atoms with E-state index in [1.54, 1.807) is 0 Å². The van der Waals surface area contributed by atoms with E-state index in [4.69, 9.17) is 0 Å². The van der Waals surface area contributed by atoms with E-state index in [-0.39, 0.29) is 12.4 Å². The van der Waals surface area contributed by atoms with Gasteiger partial charge >= 0.3 is 0 Å². The highest BCUT2D eigenvalue weighted by Gasteiger charge is 2.25. The Hall–Kier alpha value is -0.810. The third-order valence-electron chi connectivity index (χ3n) is 5.44. The lowest BCUT2D eigenvalue weighted by Crippen LogP contribution is -2.38. The van der Waals surface area contributed by atoms with Gasteiger partial charge in [-0.2, -0.15) is 0 Å². The summed E-state index contributed by atoms with van der Waals surface area (Å²) in [5.74, 6) is 0. The Balaban J connectivity index is 0.00000196. The van der Waals surface area contributed by atoms with Gasteiger partial charge in [0.2, 0.25) is 0 Å². The fraction of sp³-hybridized carbons (Fsp3) is 0.429. The molecule has 2 aliphatic heterocycles. The van der Waals surface area contributed by atoms with Gasteiger partial charge in [0.25, 0.3) is 0 Å². The van der Waals surface area contributed by atoms with Crippen molar-refractivity contribution in [3.63, 3.8) is 0 Å². The van der Waals surface area contributed by atoms with E-state index >= 15 is 0 Å². The van der Waals surface area contributed by atoms with Crippen LogP contribution in [-0.2, 0) is 0 Å². The minimum absolute atomic E-state index is 0. The summed E-state index contributed by atoms with van der Waals surface area (Å²) in [6, 6.07) is 16.5. The number of halogens is 1. The second-order valence-corrected chi connectivity index (χ2v) is 8.94. The van der Waals surface area contributed by atoms with Crippen LogP contribution in [0.4, 0.5) is 11.4 Å². The van der Waals surface area contributed by atoms with E-state index in [0.717, 1.165) is 12.6 Å². The average molecular weight is 407 g/mol. The molecule has 0 radical (unpaired) electrons. The van der Waals surface area contributed by atoms with Gasteiger partial charge < -0.3 is 9.80 Å². The highest BCUT2D eigenvalue weighted by Crippen LogP contribution is 2.49. The summed E-state index contributed by atoms with van der Waals surface area (Å²) in [6.45, 7) is 2.35. The molecule has 1 fully saturated rings. The van der Waals surface area contributed by atoms with Crippen LogP contribution in [0.3, 0.4) is 0 Å². The van der Waals surface area contributed by atoms with E-state index in [9.17, 15) is 0 Å². The van der Waals surface area contributed by atoms with Crippen molar-refractivity contribution in [2.45, 2.75) is 46.4 Å². The summed E-state index contributed by atoms with van der Waals surface area (Å²) in [7, 11) is 2.30. The summed E-state index contributed by atoms with van der Waals surface area (Å²) < 4.78 is 0. The van der Waals surface area contributed by atoms with Gasteiger partial charge in [0.15, 0.2) is 0 Å². The van der Waals surface area contributed by atoms with Crippen LogP contribution < -0.4 is 4.90 Å². The van der Waals surface area contributed by atoms with Crippen LogP contribution >= 0.6 is 35.9 Å². The van der Waals surface area contributed by atoms with E-state index in [0.29, 0.717) is 0 Å². The van der Waals surface area contributed by atoms with Crippen LogP contribution in [-0.4, -0.2) is 37.3 Å². The average Bonchev–Trinajstić information content (AvgIpc) is 2.66. The van der Waals surface area contributed by atoms with Crippen LogP contribution in [0.15, 0.2) is 57.2 Å². The molecule has 0 amide bonds. The molecule has 1 atom stereocenters. The van der Waals surface area contributed by atoms with Crippen molar-refractivity contribution in [3.05, 3.63) is 42.5 Å². The maximum atomic E-state index is 2.56. The highest BCUT2D eigenvalue weighted by atomic mass is 35.5. The number of thioether (sulfide) groups is 1. The summed E-state index contributed by atoms with van der Waals surface area (Å²) in [5.41, 5.74) is 2.76. The number of fused-ring (bicyclic) bond motifs is 2. The number of anilines is 2. The molecule has 2 nitrogen and oxygen atoms in total. The molecule has 0 aliphatic carbocycles. The maximum absolute atomic E-state index is 2.56. The fourth-order valence-electron chi connectivity index (χ4n) is 3.96. The molecule has 0 spiro atoms. The molecule has 0 N–H and O–H groups in total. The number of benzene rings is 2. The van der Waals surface area contributed by atoms with E-state index in [2.05, 4.69) is 65.6 Å². The monoisotopic (exact) mass is 406 g/mol. The summed E-state index contributed by atoms with van der Waals surface area (Å²) >= 11 is 3.73. The van der Waals surface area contributed by atoms with Crippen LogP contribution in [0, 0.1) is 0 Å². The SMILES string of the molecule is CSc1ccc2c(c1)N(CCC1CCCCN1C)c1ccccc1S2.Cl. The first-order valence-corrected chi connectivity index (χ1v) is 11.2. The molecule has 0 bridgehead atoms. The Morgan fingerprint density at radius 3 is 2.69 bits per heavy atom. The topological polar surface area (TPSA) is 6.48 Å². The normalized spacial score (nSPS) is 19.5. The zero-order chi connectivity index (χ0) is 17.2. The van der Waals surface area contributed by atoms with Gasteiger partial charge in [-0.05, 0) is 69.4 Å². The maximum Gasteiger partial charge on any atom is 0.0564 e. The first kappa shape index (κ1) is 19.9. The fourth-order valence-corrected chi connectivity index (χ4v) is 5.47. The zero-order valence-corrected chi connectivity index (χ0v) is 17.9. The van der Waals surface area contributed by atoms with Crippen molar-refractivity contribution in [1.82, 2.24) is 4.90 Å². The van der Waals surface area contributed by atoms with Gasteiger partial charge in [-0.15, -0.1) is 24.2 Å². The molecular weight excluding hydrogens is 380 g/mol. The molecule has 26 heavy (non-hydrogen) atoms. The molecule has 2 aliphatic rings. The van der Waals surface area contributed by atoms with Gasteiger partial charge in [-0.25, -0.2) is 0 Å². The Labute approximate surface area is 172 Å². The number of hydrogen-bond acceptors (Lipinski definition) is 4. The lowest BCUT2D eigenvalue weighted by Gasteiger charge is -2.37. The first-order chi connectivity index (χ1) is 12.3. The minimum Gasteiger partial charge on any atom is -0.340 e. The van der Waals surface area contributed by atoms with E-state index < -0.39 is 0 Å². The van der Waals surface area contributed by atoms with Crippen LogP contribution in [0.2, 0.25) is 0 Å². The molecular formula is C21H27ClN2S2. The van der Waals surface area contributed by atoms with E-state index in [1.807, 2.05) is 23.5 Å². The second kappa shape index (κ2) is 8.92. The van der Waals surface area contributed by atoms with Gasteiger partial charge in [0.1, 0.15) is 0 Å². The van der Waals surface area contributed by atoms with Crippen molar-refractivity contribution >= 4 is 47.3 Å². The minimum atomic E-state index is 0. The van der Waals surface area contributed by atoms with Crippen molar-refractivity contribution in [2.24, 2.45) is 0 Å². The number of nitrogens with zero attached hydrogens (tertiary/aromatic N) is 2. The molecule has 1 saturated heterocycles. The van der Waals surface area contributed by atoms with Crippen LogP contribution in [0.1, 0.15) is 25.7 Å². The Bertz CT molecular complexity index is 753. The number of piperidine rings is 1. The predicted octanol–water partition coefficient (Wildman–Crippen LogP) is 6.31. The smallest absolute Gasteiger partial charge is 0.0564 e. The molecule has 1 unspecified atom stereocenters. The molecule has 0 saturated carbocycles. The molecule has 5 heteroatoms. The Morgan fingerprint density at radius 2 is 1.88 bits per heavy atom. The number of hydrogen-bond donors (Lipinski definition) is 0. The number of likely N-dealkylation sites (tertiary alicyclic amines) is 1. The largest absolute Gasteiger partial charge is 0.340 e. The standard InChI is InChI=1S/C21H26N2S2.ClH/c1-22-13-6-5-7-16(22)12-14-23-18-8-3-4-9-20(18)25-21-11-10-17(24-2)15-19(21)23;/h3-4,8-11,15-16H,5-7,12-14H2,1-2H3;1H. The quantitative estimate of drug-likeness (QED) is 0.548. The Kier molecular flexibility index (Phi) is 6.84. The van der Waals surface area contributed by atoms with Gasteiger partial charge in [-0.1, -0.05) is 30.3 Å². The van der Waals surface area contributed by atoms with Gasteiger partial charge in [-0.3, -0.25) is 0 Å². The lowest BCUT2D eigenvalue weighted by atomic mass is 9.99. The van der Waals surface area contributed by atoms with Crippen molar-refractivity contribution in [1.29, 1.82) is 0 Å². The second-order valence-electron chi connectivity index (χ2n) is 6.97. The van der Waals surface area contributed by atoms with E-state index in [1.165, 1.54) is 58.3 Å². The zero-order valence-electron chi connectivity index (χ0n) is 15.5. The third kappa shape index (κ3) is 4.04. The number of rotatable bonds is 4. The Morgan fingerprint density at radius 1 is 1.08 bits per heavy atom. The molecule has 0 aromatic heterocycles. The van der Waals surface area contributed by atoms with Crippen molar-refractivity contribution in [3.8, 4) is 0 Å². The molecule has 2 aromatic carbocycles. The molecule has 2 aromatic rings. The third-order valence-corrected chi connectivity index (χ3v) is 7.30. The predicted molar refractivity (Wildman–Crippen MR) is 118 cm³/mol. The van der Waals surface area contributed by atoms with Crippen molar-refractivity contribution in [2.75, 3.05) is 31.3 Å². The van der Waals surface area contributed by atoms with Crippen molar-refractivity contribution < 1.29 is 0 Å². The first-order valence-electron chi connectivity index (χ1n) is 9.19. The highest BCUT2D eigenvalue weighted by molar-refractivity contribution is 8.00. The lowest BCUT2D eigenvalue weighted by molar-refractivity contribution is 0.178. The summed E-state index contributed by atoms with van der Waals surface area (Å²) in [6.07, 6.45) is 7.48. The molecule has 140 valence electrons.